The number of rotatable bonds is 0. The monoisotopic (exact) mass is 127 g/mol. The molecule has 0 aromatic rings. The molecule has 0 bridgehead atoms. The van der Waals surface area contributed by atoms with Crippen LogP contribution in [0.4, 0.5) is 0 Å². The molecule has 0 rings (SSSR count). The van der Waals surface area contributed by atoms with Crippen molar-refractivity contribution in [2.24, 2.45) is 0 Å². The molecule has 4 heavy (non-hydrogen) atoms. The fourth-order valence-electron chi connectivity index (χ4n) is 0. The normalized spacial score (nSPS) is 0. The molecule has 0 aliphatic rings. The van der Waals surface area contributed by atoms with E-state index in [4.69, 9.17) is 0 Å². The van der Waals surface area contributed by atoms with Gasteiger partial charge in [-0.25, -0.2) is 0 Å². The third kappa shape index (κ3) is 8.88. The van der Waals surface area contributed by atoms with Gasteiger partial charge in [0, 0.05) is 71.3 Å². The second-order valence-electron chi connectivity index (χ2n) is 0. The third-order valence-corrected chi connectivity index (χ3v) is 0. The van der Waals surface area contributed by atoms with Crippen LogP contribution in [0.1, 0.15) is 0 Å². The molecule has 0 saturated heterocycles. The van der Waals surface area contributed by atoms with Gasteiger partial charge in [-0.3, -0.25) is 0 Å². The molecule has 0 heterocycles. The standard InChI is InChI=1S/2Li.Mn.Ni. The van der Waals surface area contributed by atoms with Crippen molar-refractivity contribution < 1.29 is 33.6 Å². The van der Waals surface area contributed by atoms with Gasteiger partial charge in [-0.15, -0.1) is 0 Å². The van der Waals surface area contributed by atoms with E-state index in [-0.39, 0.29) is 71.3 Å². The maximum atomic E-state index is 0. The van der Waals surface area contributed by atoms with E-state index in [1.54, 1.807) is 0 Å². The van der Waals surface area contributed by atoms with Crippen LogP contribution in [0.25, 0.3) is 0 Å². The first-order valence-electron chi connectivity index (χ1n) is 0. The minimum Gasteiger partial charge on any atom is 0 e. The first-order chi connectivity index (χ1) is 0. The van der Waals surface area contributed by atoms with Gasteiger partial charge in [0.2, 0.25) is 0 Å². The van der Waals surface area contributed by atoms with Gasteiger partial charge in [0.05, 0.1) is 0 Å². The summed E-state index contributed by atoms with van der Waals surface area (Å²) in [6.45, 7) is 0. The second kappa shape index (κ2) is 18.9. The summed E-state index contributed by atoms with van der Waals surface area (Å²) in [5.41, 5.74) is 0. The van der Waals surface area contributed by atoms with E-state index in [0.717, 1.165) is 0 Å². The van der Waals surface area contributed by atoms with Crippen molar-refractivity contribution in [1.29, 1.82) is 0 Å². The molecule has 0 unspecified atom stereocenters. The predicted octanol–water partition coefficient (Wildman–Crippen LogP) is -0.767. The van der Waals surface area contributed by atoms with Crippen LogP contribution in [0.3, 0.4) is 0 Å². The molecule has 0 saturated carbocycles. The molecule has 0 aliphatic carbocycles. The van der Waals surface area contributed by atoms with E-state index >= 15 is 0 Å². The van der Waals surface area contributed by atoms with E-state index in [0.29, 0.717) is 0 Å². The summed E-state index contributed by atoms with van der Waals surface area (Å²) in [5, 5.41) is 0. The summed E-state index contributed by atoms with van der Waals surface area (Å²) in [5.74, 6) is 0. The van der Waals surface area contributed by atoms with Crippen LogP contribution in [0, 0.1) is 0 Å². The van der Waals surface area contributed by atoms with Crippen LogP contribution in [0.15, 0.2) is 0 Å². The van der Waals surface area contributed by atoms with Crippen molar-refractivity contribution >= 4 is 37.7 Å². The summed E-state index contributed by atoms with van der Waals surface area (Å²) in [7, 11) is 0. The molecule has 0 aromatic heterocycles. The topological polar surface area (TPSA) is 0 Å². The third-order valence-electron chi connectivity index (χ3n) is 0. The smallest absolute Gasteiger partial charge is 0 e. The molecule has 0 aromatic carbocycles. The molecular weight excluding hydrogens is 128 g/mol. The SMILES string of the molecule is [Li].[Li].[Mn].[Ni]. The van der Waals surface area contributed by atoms with Gasteiger partial charge in [-0.2, -0.15) is 0 Å². The largest absolute Gasteiger partial charge is 0 e. The maximum Gasteiger partial charge on any atom is 0 e. The van der Waals surface area contributed by atoms with Gasteiger partial charge < -0.3 is 0 Å². The minimum atomic E-state index is 0. The molecule has 0 fully saturated rings. The number of hydrogen-bond acceptors (Lipinski definition) is 0. The summed E-state index contributed by atoms with van der Waals surface area (Å²) in [6, 6.07) is 0. The molecule has 19 valence electrons. The zero-order valence-electron chi connectivity index (χ0n) is 2.69. The molecule has 0 nitrogen and oxygen atoms in total. The van der Waals surface area contributed by atoms with E-state index < -0.39 is 0 Å². The quantitative estimate of drug-likeness (QED) is 0.375. The van der Waals surface area contributed by atoms with Crippen LogP contribution in [0.5, 0.6) is 0 Å². The molecule has 0 atom stereocenters. The Kier molecular flexibility index (Phi) is 163. The minimum absolute atomic E-state index is 0. The van der Waals surface area contributed by atoms with Crippen LogP contribution in [0.2, 0.25) is 0 Å². The van der Waals surface area contributed by atoms with Crippen molar-refractivity contribution in [3.63, 3.8) is 0 Å². The van der Waals surface area contributed by atoms with Gasteiger partial charge in [-0.05, 0) is 0 Å². The Morgan fingerprint density at radius 1 is 0.750 bits per heavy atom. The first-order valence-corrected chi connectivity index (χ1v) is 0. The van der Waals surface area contributed by atoms with E-state index in [9.17, 15) is 0 Å². The summed E-state index contributed by atoms with van der Waals surface area (Å²) in [6.07, 6.45) is 0. The zero-order chi connectivity index (χ0) is 0. The average molecular weight is 128 g/mol. The molecular formula is Li2MnNi. The Balaban J connectivity index is 0. The summed E-state index contributed by atoms with van der Waals surface area (Å²) < 4.78 is 0. The average Bonchev–Trinajstić information content (AvgIpc) is 0. The van der Waals surface area contributed by atoms with Crippen LogP contribution >= 0.6 is 0 Å². The molecule has 0 N–H and O–H groups in total. The van der Waals surface area contributed by atoms with Gasteiger partial charge in [0.1, 0.15) is 0 Å². The Morgan fingerprint density at radius 2 is 0.750 bits per heavy atom. The van der Waals surface area contributed by atoms with Gasteiger partial charge in [0.15, 0.2) is 0 Å². The van der Waals surface area contributed by atoms with Gasteiger partial charge in [-0.1, -0.05) is 0 Å². The fraction of sp³-hybridized carbons (Fsp3) is 0. The van der Waals surface area contributed by atoms with Crippen molar-refractivity contribution in [1.82, 2.24) is 0 Å². The van der Waals surface area contributed by atoms with Crippen molar-refractivity contribution in [2.75, 3.05) is 0 Å². The Hall–Kier alpha value is 2.21. The Labute approximate surface area is 70.6 Å². The Morgan fingerprint density at radius 3 is 0.750 bits per heavy atom. The molecule has 3 radical (unpaired) electrons. The van der Waals surface area contributed by atoms with E-state index in [2.05, 4.69) is 0 Å². The molecule has 0 amide bonds. The van der Waals surface area contributed by atoms with Gasteiger partial charge >= 0.3 is 0 Å². The fourth-order valence-corrected chi connectivity index (χ4v) is 0. The number of hydrogen-bond donors (Lipinski definition) is 0. The van der Waals surface area contributed by atoms with Crippen LogP contribution in [-0.2, 0) is 33.6 Å². The Bertz CT molecular complexity index is 6.00. The van der Waals surface area contributed by atoms with Crippen molar-refractivity contribution in [3.05, 3.63) is 0 Å². The summed E-state index contributed by atoms with van der Waals surface area (Å²) in [4.78, 5) is 0. The van der Waals surface area contributed by atoms with E-state index in [1.807, 2.05) is 0 Å². The molecule has 0 spiro atoms. The molecule has 0 aliphatic heterocycles. The predicted molar refractivity (Wildman–Crippen MR) is 11.5 cm³/mol. The first kappa shape index (κ1) is 34.5. The maximum absolute atomic E-state index is 0. The van der Waals surface area contributed by atoms with Crippen LogP contribution in [-0.4, -0.2) is 37.7 Å². The van der Waals surface area contributed by atoms with Crippen molar-refractivity contribution in [3.8, 4) is 0 Å². The van der Waals surface area contributed by atoms with Gasteiger partial charge in [0.25, 0.3) is 0 Å². The van der Waals surface area contributed by atoms with Crippen LogP contribution < -0.4 is 0 Å². The van der Waals surface area contributed by atoms with Crippen molar-refractivity contribution in [2.45, 2.75) is 0 Å². The van der Waals surface area contributed by atoms with E-state index in [1.165, 1.54) is 0 Å². The second-order valence-corrected chi connectivity index (χ2v) is 0. The molecule has 4 heteroatoms. The zero-order valence-corrected chi connectivity index (χ0v) is 4.86. The summed E-state index contributed by atoms with van der Waals surface area (Å²) >= 11 is 0.